The van der Waals surface area contributed by atoms with Crippen LogP contribution in [-0.4, -0.2) is 38.1 Å². The van der Waals surface area contributed by atoms with E-state index in [-0.39, 0.29) is 34.3 Å². The molecule has 0 saturated carbocycles. The Bertz CT molecular complexity index is 1010. The molecular weight excluding hydrogens is 379 g/mol. The number of hydrogen-bond donors (Lipinski definition) is 2. The van der Waals surface area contributed by atoms with Gasteiger partial charge in [0.25, 0.3) is 0 Å². The Morgan fingerprint density at radius 3 is 2.57 bits per heavy atom. The lowest BCUT2D eigenvalue weighted by Gasteiger charge is -2.14. The minimum absolute atomic E-state index is 0.0444. The van der Waals surface area contributed by atoms with Crippen molar-refractivity contribution in [1.29, 1.82) is 0 Å². The van der Waals surface area contributed by atoms with Crippen LogP contribution in [0.15, 0.2) is 42.9 Å². The van der Waals surface area contributed by atoms with Gasteiger partial charge in [-0.3, -0.25) is 4.98 Å². The summed E-state index contributed by atoms with van der Waals surface area (Å²) in [5, 5.41) is 11.8. The second-order valence-electron chi connectivity index (χ2n) is 5.40. The molecule has 0 bridgehead atoms. The number of aromatic nitrogens is 4. The smallest absolute Gasteiger partial charge is 0.433 e. The number of methoxy groups -OCH3 is 1. The first kappa shape index (κ1) is 19.0. The van der Waals surface area contributed by atoms with E-state index in [0.717, 1.165) is 0 Å². The quantitative estimate of drug-likeness (QED) is 0.681. The highest BCUT2D eigenvalue weighted by Crippen LogP contribution is 2.33. The number of carboxylic acids is 1. The van der Waals surface area contributed by atoms with Crippen LogP contribution in [-0.2, 0) is 6.18 Å². The topological polar surface area (TPSA) is 110 Å². The van der Waals surface area contributed by atoms with Crippen molar-refractivity contribution < 1.29 is 27.8 Å². The van der Waals surface area contributed by atoms with Crippen molar-refractivity contribution in [3.63, 3.8) is 0 Å². The molecule has 0 spiro atoms. The molecule has 3 aromatic rings. The number of carbonyl (C=O) groups is 1. The van der Waals surface area contributed by atoms with Gasteiger partial charge in [0.1, 0.15) is 17.3 Å². The summed E-state index contributed by atoms with van der Waals surface area (Å²) >= 11 is 0. The summed E-state index contributed by atoms with van der Waals surface area (Å²) in [6.07, 6.45) is -0.849. The first-order valence-electron chi connectivity index (χ1n) is 7.69. The summed E-state index contributed by atoms with van der Waals surface area (Å²) < 4.78 is 44.9. The van der Waals surface area contributed by atoms with Crippen LogP contribution in [0.5, 0.6) is 5.75 Å². The highest BCUT2D eigenvalue weighted by molar-refractivity contribution is 5.90. The Labute approximate surface area is 156 Å². The van der Waals surface area contributed by atoms with Gasteiger partial charge in [-0.1, -0.05) is 0 Å². The molecule has 2 N–H and O–H groups in total. The van der Waals surface area contributed by atoms with Crippen LogP contribution in [0.1, 0.15) is 16.1 Å². The summed E-state index contributed by atoms with van der Waals surface area (Å²) in [5.74, 6) is -1.49. The third-order valence-electron chi connectivity index (χ3n) is 3.52. The van der Waals surface area contributed by atoms with Gasteiger partial charge in [-0.15, -0.1) is 0 Å². The van der Waals surface area contributed by atoms with Gasteiger partial charge < -0.3 is 15.2 Å². The fourth-order valence-corrected chi connectivity index (χ4v) is 2.26. The van der Waals surface area contributed by atoms with Crippen molar-refractivity contribution in [2.24, 2.45) is 0 Å². The van der Waals surface area contributed by atoms with Gasteiger partial charge in [-0.2, -0.15) is 13.2 Å². The van der Waals surface area contributed by atoms with Gasteiger partial charge in [0, 0.05) is 18.5 Å². The normalized spacial score (nSPS) is 11.1. The molecule has 144 valence electrons. The van der Waals surface area contributed by atoms with Gasteiger partial charge in [-0.25, -0.2) is 19.7 Å². The van der Waals surface area contributed by atoms with Crippen LogP contribution in [0.4, 0.5) is 24.7 Å². The first-order valence-corrected chi connectivity index (χ1v) is 7.69. The highest BCUT2D eigenvalue weighted by atomic mass is 19.4. The molecule has 28 heavy (non-hydrogen) atoms. The van der Waals surface area contributed by atoms with Crippen LogP contribution in [0.25, 0.3) is 11.5 Å². The molecular formula is C17H12F3N5O3. The molecule has 0 atom stereocenters. The minimum atomic E-state index is -4.73. The molecule has 0 aliphatic carbocycles. The molecule has 11 heteroatoms. The zero-order valence-electron chi connectivity index (χ0n) is 14.2. The van der Waals surface area contributed by atoms with Gasteiger partial charge >= 0.3 is 12.1 Å². The average molecular weight is 391 g/mol. The van der Waals surface area contributed by atoms with Crippen molar-refractivity contribution in [2.45, 2.75) is 6.18 Å². The Hall–Kier alpha value is -3.76. The number of benzene rings is 1. The maximum atomic E-state index is 13.3. The first-order chi connectivity index (χ1) is 13.3. The maximum absolute atomic E-state index is 13.3. The zero-order valence-corrected chi connectivity index (χ0v) is 14.2. The molecule has 0 aliphatic heterocycles. The van der Waals surface area contributed by atoms with E-state index in [0.29, 0.717) is 6.07 Å². The molecule has 0 radical (unpaired) electrons. The van der Waals surface area contributed by atoms with Crippen LogP contribution in [0, 0.1) is 0 Å². The van der Waals surface area contributed by atoms with E-state index in [1.807, 2.05) is 0 Å². The molecule has 0 saturated heterocycles. The maximum Gasteiger partial charge on any atom is 0.433 e. The van der Waals surface area contributed by atoms with E-state index in [9.17, 15) is 18.0 Å². The standard InChI is InChI=1S/C17H12F3N5O3/c1-28-12-3-2-9(16(26)27)6-10(12)23-14-7-13(17(18,19)20)24-15(25-14)11-8-21-4-5-22-11/h2-8H,1H3,(H,26,27)(H,23,24,25). The molecule has 2 heterocycles. The van der Waals surface area contributed by atoms with Crippen molar-refractivity contribution in [1.82, 2.24) is 19.9 Å². The molecule has 3 rings (SSSR count). The van der Waals surface area contributed by atoms with E-state index in [2.05, 4.69) is 25.3 Å². The van der Waals surface area contributed by atoms with E-state index in [1.165, 1.54) is 43.9 Å². The SMILES string of the molecule is COc1ccc(C(=O)O)cc1Nc1cc(C(F)(F)F)nc(-c2cnccn2)n1. The monoisotopic (exact) mass is 391 g/mol. The summed E-state index contributed by atoms with van der Waals surface area (Å²) in [7, 11) is 1.34. The predicted octanol–water partition coefficient (Wildman–Crippen LogP) is 3.40. The number of carboxylic acid groups (broad SMARTS) is 1. The zero-order chi connectivity index (χ0) is 20.3. The van der Waals surface area contributed by atoms with E-state index >= 15 is 0 Å². The minimum Gasteiger partial charge on any atom is -0.495 e. The molecule has 0 amide bonds. The van der Waals surface area contributed by atoms with Gasteiger partial charge in [0.2, 0.25) is 0 Å². The van der Waals surface area contributed by atoms with Crippen molar-refractivity contribution >= 4 is 17.5 Å². The number of aromatic carboxylic acids is 1. The van der Waals surface area contributed by atoms with E-state index in [1.54, 1.807) is 0 Å². The number of nitrogens with one attached hydrogen (secondary N) is 1. The lowest BCUT2D eigenvalue weighted by atomic mass is 10.2. The summed E-state index contributed by atoms with van der Waals surface area (Å²) in [4.78, 5) is 26.4. The highest BCUT2D eigenvalue weighted by Gasteiger charge is 2.34. The number of nitrogens with zero attached hydrogens (tertiary/aromatic N) is 4. The number of anilines is 2. The second kappa shape index (κ2) is 7.47. The number of halogens is 3. The third kappa shape index (κ3) is 4.14. The lowest BCUT2D eigenvalue weighted by molar-refractivity contribution is -0.141. The summed E-state index contributed by atoms with van der Waals surface area (Å²) in [6, 6.07) is 4.60. The fraction of sp³-hybridized carbons (Fsp3) is 0.118. The molecule has 0 aliphatic rings. The van der Waals surface area contributed by atoms with Gasteiger partial charge in [0.05, 0.1) is 24.6 Å². The lowest BCUT2D eigenvalue weighted by Crippen LogP contribution is -2.11. The summed E-state index contributed by atoms with van der Waals surface area (Å²) in [6.45, 7) is 0. The largest absolute Gasteiger partial charge is 0.495 e. The van der Waals surface area contributed by atoms with Crippen LogP contribution >= 0.6 is 0 Å². The van der Waals surface area contributed by atoms with E-state index < -0.39 is 17.8 Å². The summed E-state index contributed by atoms with van der Waals surface area (Å²) in [5.41, 5.74) is -1.11. The molecule has 1 aromatic carbocycles. The molecule has 2 aromatic heterocycles. The van der Waals surface area contributed by atoms with Crippen molar-refractivity contribution in [3.8, 4) is 17.3 Å². The van der Waals surface area contributed by atoms with Crippen LogP contribution in [0.3, 0.4) is 0 Å². The Kier molecular flexibility index (Phi) is 5.07. The fourth-order valence-electron chi connectivity index (χ4n) is 2.26. The number of ether oxygens (including phenoxy) is 1. The van der Waals surface area contributed by atoms with Crippen LogP contribution < -0.4 is 10.1 Å². The third-order valence-corrected chi connectivity index (χ3v) is 3.52. The Morgan fingerprint density at radius 1 is 1.18 bits per heavy atom. The molecule has 0 fully saturated rings. The Morgan fingerprint density at radius 2 is 1.96 bits per heavy atom. The van der Waals surface area contributed by atoms with Gasteiger partial charge in [0.15, 0.2) is 11.5 Å². The number of hydrogen-bond acceptors (Lipinski definition) is 7. The number of alkyl halides is 3. The molecule has 8 nitrogen and oxygen atoms in total. The van der Waals surface area contributed by atoms with Crippen LogP contribution in [0.2, 0.25) is 0 Å². The number of rotatable bonds is 5. The van der Waals surface area contributed by atoms with Gasteiger partial charge in [-0.05, 0) is 18.2 Å². The second-order valence-corrected chi connectivity index (χ2v) is 5.40. The average Bonchev–Trinajstić information content (AvgIpc) is 2.67. The molecule has 0 unspecified atom stereocenters. The predicted molar refractivity (Wildman–Crippen MR) is 91.3 cm³/mol. The Balaban J connectivity index is 2.09. The van der Waals surface area contributed by atoms with Crippen molar-refractivity contribution in [2.75, 3.05) is 12.4 Å². The van der Waals surface area contributed by atoms with E-state index in [4.69, 9.17) is 9.84 Å². The van der Waals surface area contributed by atoms with Crippen molar-refractivity contribution in [3.05, 3.63) is 54.1 Å².